The molecule has 2 aromatic carbocycles. The van der Waals surface area contributed by atoms with Crippen LogP contribution in [0.2, 0.25) is 0 Å². The van der Waals surface area contributed by atoms with E-state index in [4.69, 9.17) is 19.9 Å². The van der Waals surface area contributed by atoms with Crippen LogP contribution in [-0.2, 0) is 14.3 Å². The van der Waals surface area contributed by atoms with E-state index in [1.165, 1.54) is 30.8 Å². The Labute approximate surface area is 179 Å². The number of phenolic OH excluding ortho intramolecular Hbond substituents is 1. The Morgan fingerprint density at radius 2 is 1.84 bits per heavy atom. The number of hydroxylamine groups is 1. The molecule has 2 rings (SSSR count). The molecule has 0 heterocycles. The van der Waals surface area contributed by atoms with Crippen molar-refractivity contribution in [2.24, 2.45) is 0 Å². The Morgan fingerprint density at radius 1 is 1.16 bits per heavy atom. The van der Waals surface area contributed by atoms with Gasteiger partial charge in [-0.2, -0.15) is 5.26 Å². The summed E-state index contributed by atoms with van der Waals surface area (Å²) in [6.07, 6.45) is 1.48. The molecule has 9 heteroatoms. The average molecular weight is 425 g/mol. The number of rotatable bonds is 9. The first-order chi connectivity index (χ1) is 15.0. The number of benzene rings is 2. The molecule has 0 saturated heterocycles. The summed E-state index contributed by atoms with van der Waals surface area (Å²) in [4.78, 5) is 23.6. The molecule has 2 amide bonds. The highest BCUT2D eigenvalue weighted by Crippen LogP contribution is 2.28. The van der Waals surface area contributed by atoms with Crippen molar-refractivity contribution in [3.8, 4) is 11.8 Å². The second-order valence-electron chi connectivity index (χ2n) is 6.46. The van der Waals surface area contributed by atoms with Crippen LogP contribution in [-0.4, -0.2) is 35.5 Å². The minimum atomic E-state index is -0.802. The number of nitriles is 1. The number of allylic oxidation sites excluding steroid dienone is 1. The van der Waals surface area contributed by atoms with Crippen LogP contribution in [0.25, 0.3) is 0 Å². The summed E-state index contributed by atoms with van der Waals surface area (Å²) in [6.45, 7) is 0. The SMILES string of the molecule is CO[C@@H](CC/C=C/C(=O)NO)[C@@H](OC(=O)Nc1ccc(C#N)cc1)c1ccc(O)cc1. The summed E-state index contributed by atoms with van der Waals surface area (Å²) in [5.41, 5.74) is 3.03. The molecule has 0 aromatic heterocycles. The van der Waals surface area contributed by atoms with Crippen molar-refractivity contribution < 1.29 is 29.4 Å². The summed E-state index contributed by atoms with van der Waals surface area (Å²) >= 11 is 0. The van der Waals surface area contributed by atoms with Gasteiger partial charge in [-0.15, -0.1) is 0 Å². The van der Waals surface area contributed by atoms with Crippen LogP contribution in [0.15, 0.2) is 60.7 Å². The number of methoxy groups -OCH3 is 1. The first-order valence-corrected chi connectivity index (χ1v) is 9.37. The van der Waals surface area contributed by atoms with Gasteiger partial charge in [0, 0.05) is 18.9 Å². The Kier molecular flexibility index (Phi) is 9.04. The van der Waals surface area contributed by atoms with Crippen molar-refractivity contribution in [2.45, 2.75) is 25.0 Å². The smallest absolute Gasteiger partial charge is 0.412 e. The van der Waals surface area contributed by atoms with Crippen LogP contribution >= 0.6 is 0 Å². The van der Waals surface area contributed by atoms with E-state index in [0.29, 0.717) is 29.7 Å². The third kappa shape index (κ3) is 7.47. The lowest BCUT2D eigenvalue weighted by Gasteiger charge is -2.26. The molecule has 0 aliphatic heterocycles. The predicted octanol–water partition coefficient (Wildman–Crippen LogP) is 3.41. The van der Waals surface area contributed by atoms with Gasteiger partial charge >= 0.3 is 6.09 Å². The molecule has 0 aliphatic rings. The fourth-order valence-electron chi connectivity index (χ4n) is 2.79. The molecule has 2 atom stereocenters. The normalized spacial score (nSPS) is 12.5. The van der Waals surface area contributed by atoms with E-state index in [1.54, 1.807) is 42.5 Å². The Balaban J connectivity index is 2.13. The van der Waals surface area contributed by atoms with Crippen LogP contribution in [0.3, 0.4) is 0 Å². The number of nitrogens with zero attached hydrogens (tertiary/aromatic N) is 1. The van der Waals surface area contributed by atoms with Crippen molar-refractivity contribution in [1.82, 2.24) is 5.48 Å². The van der Waals surface area contributed by atoms with Gasteiger partial charge < -0.3 is 14.6 Å². The van der Waals surface area contributed by atoms with E-state index in [1.807, 2.05) is 6.07 Å². The Morgan fingerprint density at radius 3 is 2.42 bits per heavy atom. The lowest BCUT2D eigenvalue weighted by atomic mass is 10.00. The number of ether oxygens (including phenoxy) is 2. The zero-order valence-corrected chi connectivity index (χ0v) is 16.8. The number of carbonyl (C=O) groups excluding carboxylic acids is 2. The highest BCUT2D eigenvalue weighted by molar-refractivity contribution is 5.86. The minimum absolute atomic E-state index is 0.0662. The number of nitrogens with one attached hydrogen (secondary N) is 2. The van der Waals surface area contributed by atoms with Crippen molar-refractivity contribution in [3.05, 3.63) is 71.8 Å². The molecule has 0 aliphatic carbocycles. The minimum Gasteiger partial charge on any atom is -0.508 e. The zero-order chi connectivity index (χ0) is 22.6. The summed E-state index contributed by atoms with van der Waals surface area (Å²) < 4.78 is 11.1. The molecule has 0 radical (unpaired) electrons. The van der Waals surface area contributed by atoms with Crippen LogP contribution in [0.1, 0.15) is 30.1 Å². The van der Waals surface area contributed by atoms with Gasteiger partial charge in [-0.05, 0) is 54.8 Å². The molecule has 4 N–H and O–H groups in total. The topological polar surface area (TPSA) is 141 Å². The van der Waals surface area contributed by atoms with E-state index in [0.717, 1.165) is 0 Å². The van der Waals surface area contributed by atoms with Crippen LogP contribution in [0, 0.1) is 11.3 Å². The van der Waals surface area contributed by atoms with Gasteiger partial charge in [-0.3, -0.25) is 15.3 Å². The van der Waals surface area contributed by atoms with Gasteiger partial charge in [-0.25, -0.2) is 10.3 Å². The van der Waals surface area contributed by atoms with E-state index in [9.17, 15) is 14.7 Å². The molecule has 0 unspecified atom stereocenters. The lowest BCUT2D eigenvalue weighted by molar-refractivity contribution is -0.124. The van der Waals surface area contributed by atoms with E-state index in [-0.39, 0.29) is 5.75 Å². The van der Waals surface area contributed by atoms with Gasteiger partial charge in [-0.1, -0.05) is 18.2 Å². The highest BCUT2D eigenvalue weighted by atomic mass is 16.6. The molecular weight excluding hydrogens is 402 g/mol. The summed E-state index contributed by atoms with van der Waals surface area (Å²) in [5, 5.41) is 29.5. The van der Waals surface area contributed by atoms with Crippen molar-refractivity contribution in [3.63, 3.8) is 0 Å². The van der Waals surface area contributed by atoms with Gasteiger partial charge in [0.2, 0.25) is 0 Å². The quantitative estimate of drug-likeness (QED) is 0.274. The zero-order valence-electron chi connectivity index (χ0n) is 16.8. The van der Waals surface area contributed by atoms with Crippen LogP contribution < -0.4 is 10.8 Å². The van der Waals surface area contributed by atoms with Crippen molar-refractivity contribution in [1.29, 1.82) is 5.26 Å². The number of phenols is 1. The third-order valence-corrected chi connectivity index (χ3v) is 4.35. The molecule has 31 heavy (non-hydrogen) atoms. The molecule has 0 bridgehead atoms. The maximum atomic E-state index is 12.5. The number of aromatic hydroxyl groups is 1. The Bertz CT molecular complexity index is 935. The van der Waals surface area contributed by atoms with Crippen molar-refractivity contribution in [2.75, 3.05) is 12.4 Å². The fraction of sp³-hybridized carbons (Fsp3) is 0.227. The van der Waals surface area contributed by atoms with Gasteiger partial charge in [0.15, 0.2) is 6.10 Å². The number of anilines is 1. The second kappa shape index (κ2) is 12.0. The lowest BCUT2D eigenvalue weighted by Crippen LogP contribution is -2.28. The number of carbonyl (C=O) groups is 2. The maximum Gasteiger partial charge on any atom is 0.412 e. The fourth-order valence-corrected chi connectivity index (χ4v) is 2.79. The maximum absolute atomic E-state index is 12.5. The largest absolute Gasteiger partial charge is 0.508 e. The Hall–Kier alpha value is -3.87. The summed E-state index contributed by atoms with van der Waals surface area (Å²) in [6, 6.07) is 14.5. The first kappa shape index (κ1) is 23.4. The van der Waals surface area contributed by atoms with Gasteiger partial charge in [0.1, 0.15) is 5.75 Å². The molecule has 0 saturated carbocycles. The standard InChI is InChI=1S/C22H23N3O6/c1-30-19(4-2-3-5-20(27)25-29)21(16-8-12-18(26)13-9-16)31-22(28)24-17-10-6-15(14-23)7-11-17/h3,5-13,19,21,26,29H,2,4H2,1H3,(H,24,28)(H,25,27)/b5-3+/t19-,21-/m0/s1. The summed E-state index contributed by atoms with van der Waals surface area (Å²) in [7, 11) is 1.48. The number of amides is 2. The molecule has 2 aromatic rings. The second-order valence-corrected chi connectivity index (χ2v) is 6.46. The molecule has 162 valence electrons. The monoisotopic (exact) mass is 425 g/mol. The number of hydrogen-bond donors (Lipinski definition) is 4. The number of hydrogen-bond acceptors (Lipinski definition) is 7. The highest BCUT2D eigenvalue weighted by Gasteiger charge is 2.27. The van der Waals surface area contributed by atoms with E-state index >= 15 is 0 Å². The third-order valence-electron chi connectivity index (χ3n) is 4.35. The molecule has 0 fully saturated rings. The first-order valence-electron chi connectivity index (χ1n) is 9.37. The van der Waals surface area contributed by atoms with Crippen LogP contribution in [0.5, 0.6) is 5.75 Å². The van der Waals surface area contributed by atoms with Crippen LogP contribution in [0.4, 0.5) is 10.5 Å². The summed E-state index contributed by atoms with van der Waals surface area (Å²) in [5.74, 6) is -0.585. The van der Waals surface area contributed by atoms with Gasteiger partial charge in [0.25, 0.3) is 5.91 Å². The predicted molar refractivity (Wildman–Crippen MR) is 111 cm³/mol. The molecule has 9 nitrogen and oxygen atoms in total. The van der Waals surface area contributed by atoms with Crippen molar-refractivity contribution >= 4 is 17.7 Å². The molecular formula is C22H23N3O6. The molecule has 0 spiro atoms. The van der Waals surface area contributed by atoms with E-state index in [2.05, 4.69) is 5.32 Å². The van der Waals surface area contributed by atoms with E-state index < -0.39 is 24.2 Å². The average Bonchev–Trinajstić information content (AvgIpc) is 2.79. The van der Waals surface area contributed by atoms with Gasteiger partial charge in [0.05, 0.1) is 17.7 Å².